The van der Waals surface area contributed by atoms with E-state index < -0.39 is 0 Å². The Balaban J connectivity index is 2.15. The van der Waals surface area contributed by atoms with Crippen molar-refractivity contribution in [1.29, 1.82) is 0 Å². The number of thiophene rings is 1. The second kappa shape index (κ2) is 4.46. The van der Waals surface area contributed by atoms with Gasteiger partial charge in [0.1, 0.15) is 0 Å². The number of hydrogen-bond acceptors (Lipinski definition) is 4. The van der Waals surface area contributed by atoms with Gasteiger partial charge in [-0.3, -0.25) is 0 Å². The van der Waals surface area contributed by atoms with Crippen molar-refractivity contribution in [3.05, 3.63) is 45.5 Å². The molecule has 0 spiro atoms. The van der Waals surface area contributed by atoms with E-state index in [1.165, 1.54) is 10.1 Å². The lowest BCUT2D eigenvalue weighted by Gasteiger charge is -2.11. The van der Waals surface area contributed by atoms with Crippen molar-refractivity contribution >= 4 is 37.4 Å². The van der Waals surface area contributed by atoms with Gasteiger partial charge >= 0.3 is 0 Å². The van der Waals surface area contributed by atoms with Gasteiger partial charge in [-0.2, -0.15) is 0 Å². The summed E-state index contributed by atoms with van der Waals surface area (Å²) in [7, 11) is 1.85. The zero-order valence-corrected chi connectivity index (χ0v) is 12.1. The lowest BCUT2D eigenvalue weighted by atomic mass is 10.0. The van der Waals surface area contributed by atoms with Gasteiger partial charge in [0.25, 0.3) is 0 Å². The van der Waals surface area contributed by atoms with Gasteiger partial charge in [-0.15, -0.1) is 16.4 Å². The fourth-order valence-electron chi connectivity index (χ4n) is 2.06. The highest BCUT2D eigenvalue weighted by Crippen LogP contribution is 2.33. The van der Waals surface area contributed by atoms with Crippen LogP contribution < -0.4 is 5.73 Å². The molecule has 1 unspecified atom stereocenters. The molecule has 0 saturated heterocycles. The molecule has 0 aliphatic carbocycles. The van der Waals surface area contributed by atoms with Crippen molar-refractivity contribution in [2.75, 3.05) is 0 Å². The molecule has 1 atom stereocenters. The maximum atomic E-state index is 6.35. The fourth-order valence-corrected chi connectivity index (χ4v) is 3.63. The van der Waals surface area contributed by atoms with Gasteiger partial charge in [0.2, 0.25) is 0 Å². The molecule has 2 aromatic heterocycles. The first-order valence-corrected chi connectivity index (χ1v) is 7.12. The Hall–Kier alpha value is -1.24. The predicted molar refractivity (Wildman–Crippen MR) is 76.6 cm³/mol. The maximum absolute atomic E-state index is 6.35. The lowest BCUT2D eigenvalue weighted by Crippen LogP contribution is -2.16. The highest BCUT2D eigenvalue weighted by atomic mass is 79.9. The number of fused-ring (bicyclic) bond motifs is 1. The van der Waals surface area contributed by atoms with Gasteiger partial charge in [-0.25, -0.2) is 4.68 Å². The molecule has 0 fully saturated rings. The van der Waals surface area contributed by atoms with Gasteiger partial charge < -0.3 is 5.73 Å². The summed E-state index contributed by atoms with van der Waals surface area (Å²) in [6.07, 6.45) is 0. The molecule has 2 heterocycles. The van der Waals surface area contributed by atoms with Crippen molar-refractivity contribution in [2.45, 2.75) is 6.04 Å². The number of aromatic nitrogens is 3. The van der Waals surface area contributed by atoms with Crippen LogP contribution in [0, 0.1) is 0 Å². The summed E-state index contributed by atoms with van der Waals surface area (Å²) >= 11 is 5.10. The second-order valence-corrected chi connectivity index (χ2v) is 5.72. The molecule has 92 valence electrons. The molecule has 3 rings (SSSR count). The predicted octanol–water partition coefficient (Wildman–Crippen LogP) is 2.84. The lowest BCUT2D eigenvalue weighted by molar-refractivity contribution is 0.653. The Bertz CT molecular complexity index is 683. The van der Waals surface area contributed by atoms with E-state index >= 15 is 0 Å². The van der Waals surface area contributed by atoms with Gasteiger partial charge in [0.15, 0.2) is 4.60 Å². The molecule has 2 N–H and O–H groups in total. The third-order valence-corrected chi connectivity index (χ3v) is 4.51. The molecule has 4 nitrogen and oxygen atoms in total. The number of nitrogens with zero attached hydrogens (tertiary/aromatic N) is 3. The molecule has 6 heteroatoms. The first-order valence-electron chi connectivity index (χ1n) is 5.45. The number of rotatable bonds is 2. The van der Waals surface area contributed by atoms with Crippen molar-refractivity contribution in [1.82, 2.24) is 15.0 Å². The van der Waals surface area contributed by atoms with Crippen LogP contribution in [-0.2, 0) is 7.05 Å². The number of hydrogen-bond donors (Lipinski definition) is 1. The van der Waals surface area contributed by atoms with Gasteiger partial charge in [-0.1, -0.05) is 23.4 Å². The van der Waals surface area contributed by atoms with Gasteiger partial charge in [0, 0.05) is 11.7 Å². The minimum Gasteiger partial charge on any atom is -0.319 e. The number of halogens is 1. The Morgan fingerprint density at radius 1 is 1.39 bits per heavy atom. The molecular weight excluding hydrogens is 312 g/mol. The van der Waals surface area contributed by atoms with Crippen LogP contribution in [0.5, 0.6) is 0 Å². The largest absolute Gasteiger partial charge is 0.319 e. The van der Waals surface area contributed by atoms with E-state index in [-0.39, 0.29) is 6.04 Å². The zero-order valence-electron chi connectivity index (χ0n) is 9.67. The fraction of sp³-hybridized carbons (Fsp3) is 0.167. The van der Waals surface area contributed by atoms with Crippen LogP contribution in [0.15, 0.2) is 34.2 Å². The van der Waals surface area contributed by atoms with E-state index in [0.29, 0.717) is 4.60 Å². The topological polar surface area (TPSA) is 56.7 Å². The summed E-state index contributed by atoms with van der Waals surface area (Å²) in [6.45, 7) is 0. The molecule has 0 bridgehead atoms. The van der Waals surface area contributed by atoms with E-state index in [1.54, 1.807) is 16.0 Å². The minimum absolute atomic E-state index is 0.226. The van der Waals surface area contributed by atoms with Crippen molar-refractivity contribution in [2.24, 2.45) is 12.8 Å². The average molecular weight is 323 g/mol. The van der Waals surface area contributed by atoms with Crippen LogP contribution in [-0.4, -0.2) is 15.0 Å². The maximum Gasteiger partial charge on any atom is 0.153 e. The van der Waals surface area contributed by atoms with E-state index in [0.717, 1.165) is 11.3 Å². The quantitative estimate of drug-likeness (QED) is 0.789. The van der Waals surface area contributed by atoms with Crippen LogP contribution >= 0.6 is 27.3 Å². The summed E-state index contributed by atoms with van der Waals surface area (Å²) < 4.78 is 3.66. The molecule has 0 aliphatic rings. The first-order chi connectivity index (χ1) is 8.68. The molecule has 1 aromatic carbocycles. The minimum atomic E-state index is -0.226. The summed E-state index contributed by atoms with van der Waals surface area (Å²) in [5, 5.41) is 11.3. The van der Waals surface area contributed by atoms with E-state index in [1.807, 2.05) is 19.2 Å². The van der Waals surface area contributed by atoms with E-state index in [4.69, 9.17) is 5.73 Å². The average Bonchev–Trinajstić information content (AvgIpc) is 2.93. The Morgan fingerprint density at radius 3 is 2.89 bits per heavy atom. The number of aryl methyl sites for hydroxylation is 1. The molecule has 0 amide bonds. The Labute approximate surface area is 117 Å². The van der Waals surface area contributed by atoms with Crippen LogP contribution in [0.2, 0.25) is 0 Å². The Kier molecular flexibility index (Phi) is 2.93. The highest BCUT2D eigenvalue weighted by Gasteiger charge is 2.20. The molecule has 0 aliphatic heterocycles. The SMILES string of the molecule is Cn1nnc(Br)c1C(N)c1csc2ccccc12. The zero-order chi connectivity index (χ0) is 12.7. The number of nitrogens with two attached hydrogens (primary N) is 1. The van der Waals surface area contributed by atoms with Crippen LogP contribution in [0.25, 0.3) is 10.1 Å². The van der Waals surface area contributed by atoms with E-state index in [2.05, 4.69) is 43.8 Å². The first kappa shape index (κ1) is 11.8. The van der Waals surface area contributed by atoms with Gasteiger partial charge in [0.05, 0.1) is 11.7 Å². The summed E-state index contributed by atoms with van der Waals surface area (Å²) in [5.74, 6) is 0. The van der Waals surface area contributed by atoms with Crippen molar-refractivity contribution in [3.63, 3.8) is 0 Å². The third kappa shape index (κ3) is 1.77. The normalized spacial score (nSPS) is 13.1. The van der Waals surface area contributed by atoms with E-state index in [9.17, 15) is 0 Å². The molecule has 0 radical (unpaired) electrons. The molecule has 18 heavy (non-hydrogen) atoms. The molecular formula is C12H11BrN4S. The van der Waals surface area contributed by atoms with Crippen LogP contribution in [0.4, 0.5) is 0 Å². The molecule has 3 aromatic rings. The van der Waals surface area contributed by atoms with Crippen molar-refractivity contribution in [3.8, 4) is 0 Å². The monoisotopic (exact) mass is 322 g/mol. The molecule has 0 saturated carbocycles. The third-order valence-electron chi connectivity index (χ3n) is 2.97. The van der Waals surface area contributed by atoms with Gasteiger partial charge in [-0.05, 0) is 38.3 Å². The van der Waals surface area contributed by atoms with Crippen LogP contribution in [0.3, 0.4) is 0 Å². The standard InChI is InChI=1S/C12H11BrN4S/c1-17-11(12(13)15-16-17)10(14)8-6-18-9-5-3-2-4-7(8)9/h2-6,10H,14H2,1H3. The van der Waals surface area contributed by atoms with Crippen LogP contribution in [0.1, 0.15) is 17.3 Å². The Morgan fingerprint density at radius 2 is 2.17 bits per heavy atom. The number of benzene rings is 1. The highest BCUT2D eigenvalue weighted by molar-refractivity contribution is 9.10. The second-order valence-electron chi connectivity index (χ2n) is 4.05. The summed E-state index contributed by atoms with van der Waals surface area (Å²) in [6, 6.07) is 8.04. The summed E-state index contributed by atoms with van der Waals surface area (Å²) in [4.78, 5) is 0. The smallest absolute Gasteiger partial charge is 0.153 e. The summed E-state index contributed by atoms with van der Waals surface area (Å²) in [5.41, 5.74) is 8.35. The van der Waals surface area contributed by atoms with Crippen molar-refractivity contribution < 1.29 is 0 Å².